The maximum atomic E-state index is 13.8. The van der Waals surface area contributed by atoms with Crippen molar-refractivity contribution in [3.05, 3.63) is 17.8 Å². The number of rotatable bonds is 5. The largest absolute Gasteiger partial charge is 0.361 e. The second-order valence-electron chi connectivity index (χ2n) is 4.08. The Hall–Kier alpha value is -1.23. The van der Waals surface area contributed by atoms with Gasteiger partial charge in [0.1, 0.15) is 6.33 Å². The standard InChI is InChI=1S/C11H19FN4/c1-4-8-9(12)10(15-7-14-8)16-11(3,5-2)6-13/h7H,4-6,13H2,1-3H3,(H,14,15,16). The van der Waals surface area contributed by atoms with E-state index in [9.17, 15) is 4.39 Å². The van der Waals surface area contributed by atoms with E-state index in [-0.39, 0.29) is 17.2 Å². The first kappa shape index (κ1) is 12.8. The Morgan fingerprint density at radius 3 is 2.62 bits per heavy atom. The zero-order valence-corrected chi connectivity index (χ0v) is 10.0. The number of aromatic nitrogens is 2. The van der Waals surface area contributed by atoms with E-state index in [0.717, 1.165) is 6.42 Å². The minimum Gasteiger partial charge on any atom is -0.361 e. The first-order valence-electron chi connectivity index (χ1n) is 5.54. The van der Waals surface area contributed by atoms with Gasteiger partial charge in [0.25, 0.3) is 0 Å². The van der Waals surface area contributed by atoms with Crippen molar-refractivity contribution in [1.82, 2.24) is 9.97 Å². The van der Waals surface area contributed by atoms with Crippen molar-refractivity contribution in [3.8, 4) is 0 Å². The van der Waals surface area contributed by atoms with Gasteiger partial charge in [0.05, 0.1) is 5.69 Å². The second kappa shape index (κ2) is 5.21. The van der Waals surface area contributed by atoms with E-state index in [1.807, 2.05) is 20.8 Å². The van der Waals surface area contributed by atoms with E-state index in [4.69, 9.17) is 5.73 Å². The van der Waals surface area contributed by atoms with Crippen LogP contribution in [-0.2, 0) is 6.42 Å². The number of hydrogen-bond acceptors (Lipinski definition) is 4. The minimum absolute atomic E-state index is 0.238. The van der Waals surface area contributed by atoms with E-state index in [0.29, 0.717) is 18.7 Å². The molecule has 1 rings (SSSR count). The number of halogens is 1. The van der Waals surface area contributed by atoms with E-state index in [1.165, 1.54) is 6.33 Å². The lowest BCUT2D eigenvalue weighted by atomic mass is 9.99. The quantitative estimate of drug-likeness (QED) is 0.802. The van der Waals surface area contributed by atoms with Gasteiger partial charge in [-0.1, -0.05) is 13.8 Å². The van der Waals surface area contributed by atoms with Gasteiger partial charge in [0.2, 0.25) is 0 Å². The monoisotopic (exact) mass is 226 g/mol. The summed E-state index contributed by atoms with van der Waals surface area (Å²) in [6.45, 7) is 6.23. The van der Waals surface area contributed by atoms with Gasteiger partial charge in [0, 0.05) is 12.1 Å². The molecule has 0 spiro atoms. The number of nitrogens with zero attached hydrogens (tertiary/aromatic N) is 2. The van der Waals surface area contributed by atoms with Crippen LogP contribution in [0.5, 0.6) is 0 Å². The van der Waals surface area contributed by atoms with Crippen molar-refractivity contribution in [2.75, 3.05) is 11.9 Å². The summed E-state index contributed by atoms with van der Waals surface area (Å²) in [4.78, 5) is 7.80. The van der Waals surface area contributed by atoms with Gasteiger partial charge in [0.15, 0.2) is 11.6 Å². The van der Waals surface area contributed by atoms with E-state index in [1.54, 1.807) is 0 Å². The molecule has 5 heteroatoms. The Morgan fingerprint density at radius 2 is 2.12 bits per heavy atom. The highest BCUT2D eigenvalue weighted by molar-refractivity contribution is 5.40. The molecule has 3 N–H and O–H groups in total. The molecule has 16 heavy (non-hydrogen) atoms. The summed E-state index contributed by atoms with van der Waals surface area (Å²) in [5.41, 5.74) is 5.75. The van der Waals surface area contributed by atoms with E-state index < -0.39 is 0 Å². The topological polar surface area (TPSA) is 63.8 Å². The van der Waals surface area contributed by atoms with Crippen LogP contribution in [0.4, 0.5) is 10.2 Å². The Balaban J connectivity index is 2.97. The lowest BCUT2D eigenvalue weighted by Gasteiger charge is -2.28. The van der Waals surface area contributed by atoms with Crippen LogP contribution in [0.25, 0.3) is 0 Å². The molecule has 1 heterocycles. The van der Waals surface area contributed by atoms with Crippen LogP contribution in [0.15, 0.2) is 6.33 Å². The van der Waals surface area contributed by atoms with Crippen molar-refractivity contribution in [1.29, 1.82) is 0 Å². The van der Waals surface area contributed by atoms with Gasteiger partial charge < -0.3 is 11.1 Å². The van der Waals surface area contributed by atoms with Crippen molar-refractivity contribution in [3.63, 3.8) is 0 Å². The normalized spacial score (nSPS) is 14.6. The molecular formula is C11H19FN4. The highest BCUT2D eigenvalue weighted by Gasteiger charge is 2.22. The van der Waals surface area contributed by atoms with Crippen LogP contribution < -0.4 is 11.1 Å². The molecule has 90 valence electrons. The summed E-state index contributed by atoms with van der Waals surface area (Å²) < 4.78 is 13.8. The Bertz CT molecular complexity index is 350. The number of hydrogen-bond donors (Lipinski definition) is 2. The van der Waals surface area contributed by atoms with Gasteiger partial charge in [-0.05, 0) is 19.8 Å². The lowest BCUT2D eigenvalue weighted by molar-refractivity contribution is 0.495. The molecule has 0 aliphatic rings. The van der Waals surface area contributed by atoms with Crippen LogP contribution in [0, 0.1) is 5.82 Å². The number of aryl methyl sites for hydroxylation is 1. The van der Waals surface area contributed by atoms with Crippen LogP contribution in [0.2, 0.25) is 0 Å². The van der Waals surface area contributed by atoms with Crippen molar-refractivity contribution in [2.45, 2.75) is 39.2 Å². The molecule has 0 radical (unpaired) electrons. The van der Waals surface area contributed by atoms with Crippen LogP contribution >= 0.6 is 0 Å². The third-order valence-corrected chi connectivity index (χ3v) is 2.85. The average molecular weight is 226 g/mol. The first-order chi connectivity index (χ1) is 7.56. The predicted octanol–water partition coefficient (Wildman–Crippen LogP) is 1.72. The second-order valence-corrected chi connectivity index (χ2v) is 4.08. The zero-order valence-electron chi connectivity index (χ0n) is 10.0. The number of anilines is 1. The van der Waals surface area contributed by atoms with Crippen LogP contribution in [-0.4, -0.2) is 22.1 Å². The lowest BCUT2D eigenvalue weighted by Crippen LogP contribution is -2.42. The van der Waals surface area contributed by atoms with Gasteiger partial charge in [-0.15, -0.1) is 0 Å². The van der Waals surface area contributed by atoms with Crippen LogP contribution in [0.1, 0.15) is 32.9 Å². The van der Waals surface area contributed by atoms with Gasteiger partial charge >= 0.3 is 0 Å². The summed E-state index contributed by atoms with van der Waals surface area (Å²) in [6.07, 6.45) is 2.72. The zero-order chi connectivity index (χ0) is 12.2. The molecule has 0 aliphatic carbocycles. The summed E-state index contributed by atoms with van der Waals surface area (Å²) in [5, 5.41) is 3.05. The minimum atomic E-state index is -0.377. The molecule has 1 aromatic heterocycles. The molecule has 1 unspecified atom stereocenters. The molecule has 1 atom stereocenters. The summed E-state index contributed by atoms with van der Waals surface area (Å²) >= 11 is 0. The average Bonchev–Trinajstić information content (AvgIpc) is 2.32. The fourth-order valence-electron chi connectivity index (χ4n) is 1.31. The maximum absolute atomic E-state index is 13.8. The summed E-state index contributed by atoms with van der Waals surface area (Å²) in [5.74, 6) is -0.139. The fourth-order valence-corrected chi connectivity index (χ4v) is 1.31. The maximum Gasteiger partial charge on any atom is 0.186 e. The van der Waals surface area contributed by atoms with Gasteiger partial charge in [-0.25, -0.2) is 14.4 Å². The number of nitrogens with two attached hydrogens (primary N) is 1. The Labute approximate surface area is 95.5 Å². The molecule has 0 saturated carbocycles. The molecule has 0 aliphatic heterocycles. The fraction of sp³-hybridized carbons (Fsp3) is 0.636. The highest BCUT2D eigenvalue weighted by Crippen LogP contribution is 2.19. The van der Waals surface area contributed by atoms with Gasteiger partial charge in [-0.2, -0.15) is 0 Å². The van der Waals surface area contributed by atoms with Crippen molar-refractivity contribution >= 4 is 5.82 Å². The molecular weight excluding hydrogens is 207 g/mol. The molecule has 1 aromatic rings. The van der Waals surface area contributed by atoms with Crippen molar-refractivity contribution < 1.29 is 4.39 Å². The van der Waals surface area contributed by atoms with Gasteiger partial charge in [-0.3, -0.25) is 0 Å². The molecule has 0 saturated heterocycles. The molecule has 4 nitrogen and oxygen atoms in total. The third kappa shape index (κ3) is 2.66. The summed E-state index contributed by atoms with van der Waals surface area (Å²) in [7, 11) is 0. The Morgan fingerprint density at radius 1 is 1.44 bits per heavy atom. The molecule has 0 bridgehead atoms. The van der Waals surface area contributed by atoms with Crippen LogP contribution in [0.3, 0.4) is 0 Å². The molecule has 0 amide bonds. The smallest absolute Gasteiger partial charge is 0.186 e. The summed E-state index contributed by atoms with van der Waals surface area (Å²) in [6, 6.07) is 0. The molecule has 0 fully saturated rings. The van der Waals surface area contributed by atoms with E-state index >= 15 is 0 Å². The SMILES string of the molecule is CCc1ncnc(NC(C)(CC)CN)c1F. The molecule has 0 aromatic carbocycles. The van der Waals surface area contributed by atoms with Crippen molar-refractivity contribution in [2.24, 2.45) is 5.73 Å². The number of nitrogens with one attached hydrogen (secondary N) is 1. The predicted molar refractivity (Wildman–Crippen MR) is 62.7 cm³/mol. The highest BCUT2D eigenvalue weighted by atomic mass is 19.1. The first-order valence-corrected chi connectivity index (χ1v) is 5.54. The van der Waals surface area contributed by atoms with E-state index in [2.05, 4.69) is 15.3 Å². The Kier molecular flexibility index (Phi) is 4.18. The third-order valence-electron chi connectivity index (χ3n) is 2.85.